The van der Waals surface area contributed by atoms with Crippen LogP contribution in [0.5, 0.6) is 0 Å². The number of sulfonamides is 1. The van der Waals surface area contributed by atoms with Gasteiger partial charge in [-0.1, -0.05) is 12.1 Å². The predicted octanol–water partition coefficient (Wildman–Crippen LogP) is 1.16. The molecule has 19 heavy (non-hydrogen) atoms. The predicted molar refractivity (Wildman–Crippen MR) is 79.1 cm³/mol. The van der Waals surface area contributed by atoms with Gasteiger partial charge < -0.3 is 11.1 Å². The standard InChI is InChI=1S/C11H17N3O3S.ClH/c1-8(12)7-11(15)13-9-5-3-4-6-10(9)14-18(2,16)17;/h3-6,8,14H,7,12H2,1-2H3,(H,13,15);1H. The molecule has 0 aliphatic carbocycles. The number of hydrogen-bond donors (Lipinski definition) is 3. The molecule has 1 unspecified atom stereocenters. The fraction of sp³-hybridized carbons (Fsp3) is 0.364. The van der Waals surface area contributed by atoms with Crippen molar-refractivity contribution in [1.82, 2.24) is 0 Å². The zero-order valence-electron chi connectivity index (χ0n) is 10.7. The largest absolute Gasteiger partial charge is 0.327 e. The van der Waals surface area contributed by atoms with Crippen LogP contribution < -0.4 is 15.8 Å². The molecule has 0 aromatic heterocycles. The lowest BCUT2D eigenvalue weighted by Gasteiger charge is -2.12. The Morgan fingerprint density at radius 3 is 2.32 bits per heavy atom. The SMILES string of the molecule is CC(N)CC(=O)Nc1ccccc1NS(C)(=O)=O.Cl. The molecule has 108 valence electrons. The zero-order valence-corrected chi connectivity index (χ0v) is 12.3. The minimum atomic E-state index is -3.38. The second-order valence-electron chi connectivity index (χ2n) is 4.15. The number of benzene rings is 1. The maximum atomic E-state index is 11.6. The normalized spacial score (nSPS) is 12.2. The minimum absolute atomic E-state index is 0. The van der Waals surface area contributed by atoms with Gasteiger partial charge in [-0.25, -0.2) is 8.42 Å². The summed E-state index contributed by atoms with van der Waals surface area (Å²) in [6.07, 6.45) is 1.22. The molecule has 1 amide bonds. The van der Waals surface area contributed by atoms with Gasteiger partial charge in [0.05, 0.1) is 17.6 Å². The van der Waals surface area contributed by atoms with Crippen molar-refractivity contribution in [2.45, 2.75) is 19.4 Å². The Kier molecular flexibility index (Phi) is 6.82. The van der Waals surface area contributed by atoms with Gasteiger partial charge in [0, 0.05) is 12.5 Å². The summed E-state index contributed by atoms with van der Waals surface area (Å²) in [7, 11) is -3.38. The molecule has 1 atom stereocenters. The zero-order chi connectivity index (χ0) is 13.8. The molecule has 4 N–H and O–H groups in total. The fourth-order valence-corrected chi connectivity index (χ4v) is 1.95. The van der Waals surface area contributed by atoms with E-state index in [1.807, 2.05) is 0 Å². The quantitative estimate of drug-likeness (QED) is 0.759. The number of hydrogen-bond acceptors (Lipinski definition) is 4. The third kappa shape index (κ3) is 7.00. The molecule has 1 aromatic rings. The van der Waals surface area contributed by atoms with Gasteiger partial charge in [-0.05, 0) is 19.1 Å². The smallest absolute Gasteiger partial charge is 0.229 e. The first kappa shape index (κ1) is 17.7. The first-order valence-corrected chi connectivity index (χ1v) is 7.29. The van der Waals surface area contributed by atoms with Crippen molar-refractivity contribution < 1.29 is 13.2 Å². The molecule has 6 nitrogen and oxygen atoms in total. The van der Waals surface area contributed by atoms with E-state index < -0.39 is 10.0 Å². The lowest BCUT2D eigenvalue weighted by Crippen LogP contribution is -2.24. The van der Waals surface area contributed by atoms with Gasteiger partial charge in [-0.2, -0.15) is 0 Å². The molecule has 0 bridgehead atoms. The molecule has 0 radical (unpaired) electrons. The Labute approximate surface area is 119 Å². The monoisotopic (exact) mass is 307 g/mol. The Hall–Kier alpha value is -1.31. The molecular formula is C11H18ClN3O3S. The molecule has 0 saturated heterocycles. The molecule has 0 saturated carbocycles. The highest BCUT2D eigenvalue weighted by atomic mass is 35.5. The maximum absolute atomic E-state index is 11.6. The van der Waals surface area contributed by atoms with E-state index in [-0.39, 0.29) is 30.8 Å². The van der Waals surface area contributed by atoms with Crippen molar-refractivity contribution in [3.63, 3.8) is 0 Å². The van der Waals surface area contributed by atoms with Gasteiger partial charge in [-0.15, -0.1) is 12.4 Å². The van der Waals surface area contributed by atoms with E-state index in [2.05, 4.69) is 10.0 Å². The summed E-state index contributed by atoms with van der Waals surface area (Å²) in [4.78, 5) is 11.6. The fourth-order valence-electron chi connectivity index (χ4n) is 1.37. The summed E-state index contributed by atoms with van der Waals surface area (Å²) in [6.45, 7) is 1.72. The number of halogens is 1. The second-order valence-corrected chi connectivity index (χ2v) is 5.90. The van der Waals surface area contributed by atoms with Crippen LogP contribution >= 0.6 is 12.4 Å². The number of rotatable bonds is 5. The van der Waals surface area contributed by atoms with Gasteiger partial charge in [0.2, 0.25) is 15.9 Å². The average molecular weight is 308 g/mol. The highest BCUT2D eigenvalue weighted by Crippen LogP contribution is 2.22. The van der Waals surface area contributed by atoms with Crippen molar-refractivity contribution in [2.24, 2.45) is 5.73 Å². The summed E-state index contributed by atoms with van der Waals surface area (Å²) in [5, 5.41) is 2.62. The lowest BCUT2D eigenvalue weighted by molar-refractivity contribution is -0.116. The van der Waals surface area contributed by atoms with Crippen molar-refractivity contribution >= 4 is 39.7 Å². The Balaban J connectivity index is 0.00000324. The van der Waals surface area contributed by atoms with Crippen molar-refractivity contribution in [1.29, 1.82) is 0 Å². The number of nitrogens with two attached hydrogens (primary N) is 1. The number of anilines is 2. The summed E-state index contributed by atoms with van der Waals surface area (Å²) >= 11 is 0. The molecular weight excluding hydrogens is 290 g/mol. The van der Waals surface area contributed by atoms with Crippen LogP contribution in [0.4, 0.5) is 11.4 Å². The first-order chi connectivity index (χ1) is 8.28. The second kappa shape index (κ2) is 7.32. The van der Waals surface area contributed by atoms with E-state index in [4.69, 9.17) is 5.73 Å². The first-order valence-electron chi connectivity index (χ1n) is 5.40. The molecule has 8 heteroatoms. The minimum Gasteiger partial charge on any atom is -0.327 e. The average Bonchev–Trinajstić information content (AvgIpc) is 2.17. The van der Waals surface area contributed by atoms with Crippen LogP contribution in [0.1, 0.15) is 13.3 Å². The van der Waals surface area contributed by atoms with Crippen molar-refractivity contribution in [3.05, 3.63) is 24.3 Å². The molecule has 0 heterocycles. The third-order valence-corrected chi connectivity index (χ3v) is 2.59. The van der Waals surface area contributed by atoms with Crippen LogP contribution in [0.3, 0.4) is 0 Å². The van der Waals surface area contributed by atoms with E-state index in [1.165, 1.54) is 0 Å². The Morgan fingerprint density at radius 2 is 1.84 bits per heavy atom. The lowest BCUT2D eigenvalue weighted by atomic mass is 10.2. The summed E-state index contributed by atoms with van der Waals surface area (Å²) in [6, 6.07) is 6.32. The molecule has 0 aliphatic heterocycles. The van der Waals surface area contributed by atoms with Crippen LogP contribution in [0.2, 0.25) is 0 Å². The van der Waals surface area contributed by atoms with Gasteiger partial charge in [0.25, 0.3) is 0 Å². The van der Waals surface area contributed by atoms with Crippen LogP contribution in [0.25, 0.3) is 0 Å². The van der Waals surface area contributed by atoms with E-state index >= 15 is 0 Å². The van der Waals surface area contributed by atoms with Crippen LogP contribution in [0, 0.1) is 0 Å². The van der Waals surface area contributed by atoms with Crippen LogP contribution in [-0.4, -0.2) is 26.6 Å². The molecule has 0 aliphatic rings. The Bertz CT molecular complexity index is 532. The molecule has 1 aromatic carbocycles. The van der Waals surface area contributed by atoms with E-state index in [0.717, 1.165) is 6.26 Å². The Morgan fingerprint density at radius 1 is 1.32 bits per heavy atom. The summed E-state index contributed by atoms with van der Waals surface area (Å²) < 4.78 is 24.7. The maximum Gasteiger partial charge on any atom is 0.229 e. The summed E-state index contributed by atoms with van der Waals surface area (Å²) in [5.41, 5.74) is 6.26. The molecule has 1 rings (SSSR count). The van der Waals surface area contributed by atoms with Gasteiger partial charge in [0.15, 0.2) is 0 Å². The van der Waals surface area contributed by atoms with E-state index in [1.54, 1.807) is 31.2 Å². The van der Waals surface area contributed by atoms with Gasteiger partial charge in [-0.3, -0.25) is 9.52 Å². The topological polar surface area (TPSA) is 101 Å². The van der Waals surface area contributed by atoms with Gasteiger partial charge >= 0.3 is 0 Å². The summed E-state index contributed by atoms with van der Waals surface area (Å²) in [5.74, 6) is -0.257. The highest BCUT2D eigenvalue weighted by molar-refractivity contribution is 7.92. The molecule has 0 fully saturated rings. The van der Waals surface area contributed by atoms with Gasteiger partial charge in [0.1, 0.15) is 0 Å². The highest BCUT2D eigenvalue weighted by Gasteiger charge is 2.10. The van der Waals surface area contributed by atoms with Crippen LogP contribution in [-0.2, 0) is 14.8 Å². The van der Waals surface area contributed by atoms with E-state index in [9.17, 15) is 13.2 Å². The van der Waals surface area contributed by atoms with Crippen molar-refractivity contribution in [3.8, 4) is 0 Å². The number of nitrogens with one attached hydrogen (secondary N) is 2. The van der Waals surface area contributed by atoms with E-state index in [0.29, 0.717) is 11.4 Å². The molecule has 0 spiro atoms. The van der Waals surface area contributed by atoms with Crippen LogP contribution in [0.15, 0.2) is 24.3 Å². The number of carbonyl (C=O) groups is 1. The number of carbonyl (C=O) groups excluding carboxylic acids is 1. The number of para-hydroxylation sites is 2. The third-order valence-electron chi connectivity index (χ3n) is 2.00. The van der Waals surface area contributed by atoms with Crippen molar-refractivity contribution in [2.75, 3.05) is 16.3 Å². The number of amides is 1.